The lowest BCUT2D eigenvalue weighted by Gasteiger charge is -2.46. The Morgan fingerprint density at radius 1 is 0.857 bits per heavy atom. The Morgan fingerprint density at radius 2 is 1.43 bits per heavy atom. The minimum atomic E-state index is 0.0526. The summed E-state index contributed by atoms with van der Waals surface area (Å²) in [6, 6.07) is 0. The summed E-state index contributed by atoms with van der Waals surface area (Å²) < 4.78 is 17.6. The molecule has 0 bridgehead atoms. The molecule has 124 valence electrons. The highest BCUT2D eigenvalue weighted by Gasteiger charge is 2.44. The standard InChI is InChI=1S/C18H34O3/c1-17(11-6-4-5-7-12-17)21-15-18(13-19-2,14-20-3)16-9-8-10-16/h16H,4-15H2,1-3H3. The highest BCUT2D eigenvalue weighted by Crippen LogP contribution is 2.44. The van der Waals surface area contributed by atoms with Gasteiger partial charge in [0.15, 0.2) is 0 Å². The molecular formula is C18H34O3. The van der Waals surface area contributed by atoms with Crippen molar-refractivity contribution in [2.45, 2.75) is 70.3 Å². The number of methoxy groups -OCH3 is 2. The molecule has 2 saturated carbocycles. The van der Waals surface area contributed by atoms with Crippen molar-refractivity contribution in [2.24, 2.45) is 11.3 Å². The van der Waals surface area contributed by atoms with Gasteiger partial charge < -0.3 is 14.2 Å². The van der Waals surface area contributed by atoms with Crippen LogP contribution in [0.25, 0.3) is 0 Å². The average Bonchev–Trinajstić information content (AvgIpc) is 2.61. The van der Waals surface area contributed by atoms with Gasteiger partial charge in [-0.2, -0.15) is 0 Å². The topological polar surface area (TPSA) is 27.7 Å². The fourth-order valence-electron chi connectivity index (χ4n) is 4.01. The quantitative estimate of drug-likeness (QED) is 0.629. The second-order valence-corrected chi connectivity index (χ2v) is 7.51. The van der Waals surface area contributed by atoms with E-state index in [-0.39, 0.29) is 11.0 Å². The Hall–Kier alpha value is -0.120. The molecule has 21 heavy (non-hydrogen) atoms. The number of ether oxygens (including phenoxy) is 3. The van der Waals surface area contributed by atoms with Crippen LogP contribution in [0.5, 0.6) is 0 Å². The van der Waals surface area contributed by atoms with Gasteiger partial charge in [-0.15, -0.1) is 0 Å². The molecule has 0 radical (unpaired) electrons. The maximum atomic E-state index is 6.52. The highest BCUT2D eigenvalue weighted by molar-refractivity contribution is 4.92. The predicted molar refractivity (Wildman–Crippen MR) is 85.6 cm³/mol. The minimum absolute atomic E-state index is 0.0526. The minimum Gasteiger partial charge on any atom is -0.384 e. The van der Waals surface area contributed by atoms with Gasteiger partial charge in [-0.25, -0.2) is 0 Å². The van der Waals surface area contributed by atoms with Gasteiger partial charge >= 0.3 is 0 Å². The largest absolute Gasteiger partial charge is 0.384 e. The molecule has 3 nitrogen and oxygen atoms in total. The van der Waals surface area contributed by atoms with Gasteiger partial charge in [0, 0.05) is 19.6 Å². The first-order valence-corrected chi connectivity index (χ1v) is 8.76. The molecule has 0 saturated heterocycles. The van der Waals surface area contributed by atoms with Crippen LogP contribution in [0.4, 0.5) is 0 Å². The van der Waals surface area contributed by atoms with Crippen LogP contribution >= 0.6 is 0 Å². The van der Waals surface area contributed by atoms with Crippen LogP contribution < -0.4 is 0 Å². The molecular weight excluding hydrogens is 264 g/mol. The molecule has 0 aromatic rings. The lowest BCUT2D eigenvalue weighted by Crippen LogP contribution is -2.48. The molecule has 3 heteroatoms. The first-order valence-electron chi connectivity index (χ1n) is 8.76. The van der Waals surface area contributed by atoms with Gasteiger partial charge in [0.1, 0.15) is 0 Å². The van der Waals surface area contributed by atoms with E-state index in [2.05, 4.69) is 6.92 Å². The summed E-state index contributed by atoms with van der Waals surface area (Å²) in [5.74, 6) is 0.701. The molecule has 0 atom stereocenters. The lowest BCUT2D eigenvalue weighted by molar-refractivity contribution is -0.146. The fraction of sp³-hybridized carbons (Fsp3) is 1.00. The van der Waals surface area contributed by atoms with Crippen LogP contribution in [-0.4, -0.2) is 39.6 Å². The van der Waals surface area contributed by atoms with Crippen molar-refractivity contribution in [3.63, 3.8) is 0 Å². The summed E-state index contributed by atoms with van der Waals surface area (Å²) in [5.41, 5.74) is 0.115. The molecule has 0 spiro atoms. The zero-order valence-electron chi connectivity index (χ0n) is 14.3. The average molecular weight is 298 g/mol. The molecule has 2 aliphatic carbocycles. The fourth-order valence-corrected chi connectivity index (χ4v) is 4.01. The predicted octanol–water partition coefficient (Wildman–Crippen LogP) is 4.20. The van der Waals surface area contributed by atoms with E-state index in [1.54, 1.807) is 14.2 Å². The normalized spacial score (nSPS) is 23.6. The molecule has 0 heterocycles. The summed E-state index contributed by atoms with van der Waals surface area (Å²) in [4.78, 5) is 0. The third kappa shape index (κ3) is 4.43. The van der Waals surface area contributed by atoms with E-state index < -0.39 is 0 Å². The highest BCUT2D eigenvalue weighted by atomic mass is 16.5. The Bertz CT molecular complexity index is 285. The lowest BCUT2D eigenvalue weighted by atomic mass is 9.66. The van der Waals surface area contributed by atoms with Crippen molar-refractivity contribution in [1.82, 2.24) is 0 Å². The number of rotatable bonds is 8. The second-order valence-electron chi connectivity index (χ2n) is 7.51. The molecule has 0 N–H and O–H groups in total. The van der Waals surface area contributed by atoms with Crippen molar-refractivity contribution in [2.75, 3.05) is 34.0 Å². The zero-order valence-corrected chi connectivity index (χ0v) is 14.3. The van der Waals surface area contributed by atoms with Gasteiger partial charge in [0.05, 0.1) is 25.4 Å². The summed E-state index contributed by atoms with van der Waals surface area (Å²) in [6.07, 6.45) is 11.7. The monoisotopic (exact) mass is 298 g/mol. The van der Waals surface area contributed by atoms with Crippen LogP contribution in [0.1, 0.15) is 64.7 Å². The molecule has 2 fully saturated rings. The van der Waals surface area contributed by atoms with E-state index >= 15 is 0 Å². The van der Waals surface area contributed by atoms with Crippen molar-refractivity contribution < 1.29 is 14.2 Å². The van der Waals surface area contributed by atoms with E-state index in [1.807, 2.05) is 0 Å². The van der Waals surface area contributed by atoms with E-state index in [0.29, 0.717) is 5.92 Å². The van der Waals surface area contributed by atoms with E-state index in [9.17, 15) is 0 Å². The Balaban J connectivity index is 1.99. The van der Waals surface area contributed by atoms with Crippen molar-refractivity contribution in [3.05, 3.63) is 0 Å². The molecule has 0 amide bonds. The SMILES string of the molecule is COCC(COC)(COC1(C)CCCCCC1)C1CCC1. The number of hydrogen-bond acceptors (Lipinski definition) is 3. The summed E-state index contributed by atoms with van der Waals surface area (Å²) in [7, 11) is 3.60. The van der Waals surface area contributed by atoms with E-state index in [1.165, 1.54) is 57.8 Å². The van der Waals surface area contributed by atoms with Gasteiger partial charge in [-0.3, -0.25) is 0 Å². The molecule has 0 unspecified atom stereocenters. The third-order valence-corrected chi connectivity index (χ3v) is 5.70. The number of hydrogen-bond donors (Lipinski definition) is 0. The van der Waals surface area contributed by atoms with Gasteiger partial charge in [-0.05, 0) is 38.5 Å². The second kappa shape index (κ2) is 7.94. The Labute approximate surface area is 130 Å². The van der Waals surface area contributed by atoms with Crippen LogP contribution in [0, 0.1) is 11.3 Å². The van der Waals surface area contributed by atoms with Crippen LogP contribution in [-0.2, 0) is 14.2 Å². The molecule has 2 aliphatic rings. The van der Waals surface area contributed by atoms with Crippen molar-refractivity contribution in [3.8, 4) is 0 Å². The molecule has 0 aromatic heterocycles. The first kappa shape index (κ1) is 17.2. The van der Waals surface area contributed by atoms with E-state index in [0.717, 1.165) is 19.8 Å². The first-order chi connectivity index (χ1) is 10.1. The van der Waals surface area contributed by atoms with Crippen LogP contribution in [0.15, 0.2) is 0 Å². The van der Waals surface area contributed by atoms with Crippen LogP contribution in [0.2, 0.25) is 0 Å². The maximum Gasteiger partial charge on any atom is 0.0654 e. The van der Waals surface area contributed by atoms with Crippen molar-refractivity contribution >= 4 is 0 Å². The molecule has 2 rings (SSSR count). The third-order valence-electron chi connectivity index (χ3n) is 5.70. The smallest absolute Gasteiger partial charge is 0.0654 e. The van der Waals surface area contributed by atoms with Crippen LogP contribution in [0.3, 0.4) is 0 Å². The maximum absolute atomic E-state index is 6.52. The zero-order chi connectivity index (χ0) is 15.2. The van der Waals surface area contributed by atoms with Gasteiger partial charge in [0.25, 0.3) is 0 Å². The molecule has 0 aromatic carbocycles. The Morgan fingerprint density at radius 3 is 1.86 bits per heavy atom. The Kier molecular flexibility index (Phi) is 6.51. The van der Waals surface area contributed by atoms with E-state index in [4.69, 9.17) is 14.2 Å². The summed E-state index contributed by atoms with van der Waals surface area (Å²) >= 11 is 0. The summed E-state index contributed by atoms with van der Waals surface area (Å²) in [6.45, 7) is 4.60. The van der Waals surface area contributed by atoms with Crippen molar-refractivity contribution in [1.29, 1.82) is 0 Å². The summed E-state index contributed by atoms with van der Waals surface area (Å²) in [5, 5.41) is 0. The molecule has 0 aliphatic heterocycles. The van der Waals surface area contributed by atoms with Gasteiger partial charge in [-0.1, -0.05) is 32.1 Å². The van der Waals surface area contributed by atoms with Gasteiger partial charge in [0.2, 0.25) is 0 Å².